The van der Waals surface area contributed by atoms with Gasteiger partial charge in [-0.05, 0) is 32.5 Å². The predicted octanol–water partition coefficient (Wildman–Crippen LogP) is 2.43. The summed E-state index contributed by atoms with van der Waals surface area (Å²) >= 11 is 1.87. The molecule has 0 aromatic carbocycles. The molecule has 1 aliphatic rings. The van der Waals surface area contributed by atoms with Crippen LogP contribution in [-0.2, 0) is 4.74 Å². The van der Waals surface area contributed by atoms with Gasteiger partial charge in [0.1, 0.15) is 0 Å². The second kappa shape index (κ2) is 6.66. The Labute approximate surface area is 114 Å². The topological polar surface area (TPSA) is 24.5 Å². The van der Waals surface area contributed by atoms with Crippen LogP contribution < -0.4 is 5.32 Å². The Bertz CT molecular complexity index is 366. The van der Waals surface area contributed by atoms with E-state index in [2.05, 4.69) is 43.1 Å². The zero-order valence-electron chi connectivity index (χ0n) is 11.6. The van der Waals surface area contributed by atoms with Crippen LogP contribution in [0.3, 0.4) is 0 Å². The van der Waals surface area contributed by atoms with E-state index in [9.17, 15) is 0 Å². The number of hydrogen-bond donors (Lipinski definition) is 1. The van der Waals surface area contributed by atoms with Gasteiger partial charge in [-0.25, -0.2) is 0 Å². The molecule has 2 unspecified atom stereocenters. The molecule has 2 atom stereocenters. The van der Waals surface area contributed by atoms with Crippen molar-refractivity contribution in [1.82, 2.24) is 10.2 Å². The number of nitrogens with zero attached hydrogens (tertiary/aromatic N) is 1. The summed E-state index contributed by atoms with van der Waals surface area (Å²) in [5.74, 6) is 0. The third-order valence-electron chi connectivity index (χ3n) is 3.51. The van der Waals surface area contributed by atoms with Gasteiger partial charge in [-0.15, -0.1) is 11.3 Å². The molecule has 0 bridgehead atoms. The molecule has 1 aromatic heterocycles. The number of thiophene rings is 1. The van der Waals surface area contributed by atoms with E-state index in [0.29, 0.717) is 12.1 Å². The number of rotatable bonds is 5. The van der Waals surface area contributed by atoms with Crippen molar-refractivity contribution in [3.05, 3.63) is 21.9 Å². The Kier molecular flexibility index (Phi) is 5.18. The second-order valence-corrected chi connectivity index (χ2v) is 6.28. The van der Waals surface area contributed by atoms with Crippen molar-refractivity contribution in [2.24, 2.45) is 0 Å². The highest BCUT2D eigenvalue weighted by Crippen LogP contribution is 2.22. The van der Waals surface area contributed by atoms with Gasteiger partial charge >= 0.3 is 0 Å². The molecule has 1 saturated heterocycles. The maximum absolute atomic E-state index is 5.80. The van der Waals surface area contributed by atoms with Crippen LogP contribution in [0.5, 0.6) is 0 Å². The van der Waals surface area contributed by atoms with Gasteiger partial charge in [-0.1, -0.05) is 6.92 Å². The number of nitrogens with one attached hydrogen (secondary N) is 1. The Morgan fingerprint density at radius 1 is 1.56 bits per heavy atom. The zero-order chi connectivity index (χ0) is 13.0. The molecule has 18 heavy (non-hydrogen) atoms. The smallest absolute Gasteiger partial charge is 0.0826 e. The lowest BCUT2D eigenvalue weighted by atomic mass is 10.2. The van der Waals surface area contributed by atoms with Gasteiger partial charge in [-0.2, -0.15) is 0 Å². The fraction of sp³-hybridized carbons (Fsp3) is 0.714. The minimum Gasteiger partial charge on any atom is -0.374 e. The van der Waals surface area contributed by atoms with Crippen LogP contribution in [0.15, 0.2) is 12.1 Å². The minimum atomic E-state index is 0.335. The number of hydrogen-bond acceptors (Lipinski definition) is 4. The summed E-state index contributed by atoms with van der Waals surface area (Å²) in [7, 11) is 0. The van der Waals surface area contributed by atoms with Crippen LogP contribution >= 0.6 is 11.3 Å². The van der Waals surface area contributed by atoms with Crippen LogP contribution in [0.2, 0.25) is 0 Å². The molecule has 0 spiro atoms. The fourth-order valence-corrected chi connectivity index (χ4v) is 3.19. The average Bonchev–Trinajstić information content (AvgIpc) is 2.83. The van der Waals surface area contributed by atoms with Crippen LogP contribution in [0, 0.1) is 6.92 Å². The standard InChI is InChI=1S/C14H24N2OS/c1-4-16-7-8-17-13(10-16)9-15-12(3)14-6-5-11(2)18-14/h5-6,12-13,15H,4,7-10H2,1-3H3. The van der Waals surface area contributed by atoms with Gasteiger partial charge < -0.3 is 10.1 Å². The van der Waals surface area contributed by atoms with Crippen LogP contribution in [0.4, 0.5) is 0 Å². The number of aryl methyl sites for hydroxylation is 1. The van der Waals surface area contributed by atoms with E-state index in [4.69, 9.17) is 4.74 Å². The molecule has 1 aromatic rings. The molecule has 0 amide bonds. The van der Waals surface area contributed by atoms with Gasteiger partial charge in [0.15, 0.2) is 0 Å². The maximum atomic E-state index is 5.80. The van der Waals surface area contributed by atoms with E-state index >= 15 is 0 Å². The highest BCUT2D eigenvalue weighted by molar-refractivity contribution is 7.12. The lowest BCUT2D eigenvalue weighted by Gasteiger charge is -2.32. The summed E-state index contributed by atoms with van der Waals surface area (Å²) in [5, 5.41) is 3.59. The zero-order valence-corrected chi connectivity index (χ0v) is 12.4. The summed E-state index contributed by atoms with van der Waals surface area (Å²) in [5.41, 5.74) is 0. The summed E-state index contributed by atoms with van der Waals surface area (Å²) < 4.78 is 5.80. The Morgan fingerprint density at radius 3 is 3.06 bits per heavy atom. The largest absolute Gasteiger partial charge is 0.374 e. The molecular weight excluding hydrogens is 244 g/mol. The molecular formula is C14H24N2OS. The molecule has 4 heteroatoms. The highest BCUT2D eigenvalue weighted by atomic mass is 32.1. The first-order valence-corrected chi connectivity index (χ1v) is 7.64. The summed E-state index contributed by atoms with van der Waals surface area (Å²) in [4.78, 5) is 5.25. The maximum Gasteiger partial charge on any atom is 0.0826 e. The minimum absolute atomic E-state index is 0.335. The molecule has 102 valence electrons. The third kappa shape index (κ3) is 3.79. The second-order valence-electron chi connectivity index (χ2n) is 4.96. The Morgan fingerprint density at radius 2 is 2.39 bits per heavy atom. The van der Waals surface area contributed by atoms with Crippen molar-refractivity contribution in [2.45, 2.75) is 32.9 Å². The molecule has 3 nitrogen and oxygen atoms in total. The van der Waals surface area contributed by atoms with Crippen molar-refractivity contribution in [3.63, 3.8) is 0 Å². The first-order valence-electron chi connectivity index (χ1n) is 6.82. The van der Waals surface area contributed by atoms with Crippen molar-refractivity contribution in [1.29, 1.82) is 0 Å². The first kappa shape index (κ1) is 14.0. The van der Waals surface area contributed by atoms with E-state index in [-0.39, 0.29) is 0 Å². The van der Waals surface area contributed by atoms with E-state index in [1.165, 1.54) is 9.75 Å². The number of ether oxygens (including phenoxy) is 1. The molecule has 1 N–H and O–H groups in total. The Hall–Kier alpha value is -0.420. The van der Waals surface area contributed by atoms with Gasteiger partial charge in [0, 0.05) is 35.4 Å². The lowest BCUT2D eigenvalue weighted by molar-refractivity contribution is -0.0261. The quantitative estimate of drug-likeness (QED) is 0.887. The van der Waals surface area contributed by atoms with Gasteiger partial charge in [0.05, 0.1) is 12.7 Å². The van der Waals surface area contributed by atoms with Crippen LogP contribution in [0.1, 0.15) is 29.6 Å². The van der Waals surface area contributed by atoms with Crippen molar-refractivity contribution < 1.29 is 4.74 Å². The van der Waals surface area contributed by atoms with Crippen molar-refractivity contribution in [3.8, 4) is 0 Å². The Balaban J connectivity index is 1.77. The van der Waals surface area contributed by atoms with Crippen LogP contribution in [0.25, 0.3) is 0 Å². The van der Waals surface area contributed by atoms with Gasteiger partial charge in [-0.3, -0.25) is 4.90 Å². The summed E-state index contributed by atoms with van der Waals surface area (Å²) in [6.45, 7) is 11.7. The first-order chi connectivity index (χ1) is 8.69. The van der Waals surface area contributed by atoms with Gasteiger partial charge in [0.2, 0.25) is 0 Å². The number of morpholine rings is 1. The van der Waals surface area contributed by atoms with E-state index in [0.717, 1.165) is 32.8 Å². The molecule has 1 fully saturated rings. The fourth-order valence-electron chi connectivity index (χ4n) is 2.29. The molecule has 2 rings (SSSR count). The molecule has 1 aliphatic heterocycles. The third-order valence-corrected chi connectivity index (χ3v) is 4.69. The van der Waals surface area contributed by atoms with Crippen molar-refractivity contribution in [2.75, 3.05) is 32.8 Å². The monoisotopic (exact) mass is 268 g/mol. The van der Waals surface area contributed by atoms with E-state index < -0.39 is 0 Å². The number of likely N-dealkylation sites (N-methyl/N-ethyl adjacent to an activating group) is 1. The summed E-state index contributed by atoms with van der Waals surface area (Å²) in [6.07, 6.45) is 0.335. The molecule has 0 radical (unpaired) electrons. The van der Waals surface area contributed by atoms with E-state index in [1.807, 2.05) is 11.3 Å². The lowest BCUT2D eigenvalue weighted by Crippen LogP contribution is -2.46. The highest BCUT2D eigenvalue weighted by Gasteiger charge is 2.19. The van der Waals surface area contributed by atoms with Gasteiger partial charge in [0.25, 0.3) is 0 Å². The van der Waals surface area contributed by atoms with Crippen LogP contribution in [-0.4, -0.2) is 43.8 Å². The molecule has 0 aliphatic carbocycles. The molecule has 0 saturated carbocycles. The van der Waals surface area contributed by atoms with Crippen molar-refractivity contribution >= 4 is 11.3 Å². The average molecular weight is 268 g/mol. The van der Waals surface area contributed by atoms with E-state index in [1.54, 1.807) is 0 Å². The summed E-state index contributed by atoms with van der Waals surface area (Å²) in [6, 6.07) is 4.83. The predicted molar refractivity (Wildman–Crippen MR) is 77.3 cm³/mol. The molecule has 2 heterocycles. The normalized spacial score (nSPS) is 23.2. The SMILES string of the molecule is CCN1CCOC(CNC(C)c2ccc(C)s2)C1.